The molecule has 128 valence electrons. The number of methoxy groups -OCH3 is 1. The minimum absolute atomic E-state index is 0.239. The van der Waals surface area contributed by atoms with E-state index in [-0.39, 0.29) is 6.54 Å². The number of carbonyl (C=O) groups is 2. The topological polar surface area (TPSA) is 103 Å². The summed E-state index contributed by atoms with van der Waals surface area (Å²) in [6, 6.07) is 4.57. The second-order valence-electron chi connectivity index (χ2n) is 6.07. The Morgan fingerprint density at radius 2 is 2.17 bits per heavy atom. The molecule has 0 spiro atoms. The molecule has 0 saturated carbocycles. The lowest BCUT2D eigenvalue weighted by Gasteiger charge is -2.34. The van der Waals surface area contributed by atoms with E-state index < -0.39 is 23.9 Å². The molecular formula is C17H20N2O5. The van der Waals surface area contributed by atoms with E-state index in [9.17, 15) is 19.8 Å². The summed E-state index contributed by atoms with van der Waals surface area (Å²) in [4.78, 5) is 28.0. The van der Waals surface area contributed by atoms with Crippen molar-refractivity contribution in [3.8, 4) is 5.75 Å². The molecule has 1 aromatic carbocycles. The Balaban J connectivity index is 1.99. The molecule has 0 amide bonds. The summed E-state index contributed by atoms with van der Waals surface area (Å²) in [6.45, 7) is 0.806. The predicted octanol–water partition coefficient (Wildman–Crippen LogP) is 2.10. The van der Waals surface area contributed by atoms with Gasteiger partial charge in [0.1, 0.15) is 11.8 Å². The number of ether oxygens (including phenoxy) is 1. The van der Waals surface area contributed by atoms with Crippen LogP contribution in [0.4, 0.5) is 0 Å². The number of fused-ring (bicyclic) bond motifs is 1. The van der Waals surface area contributed by atoms with Crippen molar-refractivity contribution in [2.75, 3.05) is 20.2 Å². The number of nitrogens with one attached hydrogen (secondary N) is 1. The molecule has 3 rings (SSSR count). The number of rotatable bonds is 5. The first-order valence-corrected chi connectivity index (χ1v) is 7.86. The van der Waals surface area contributed by atoms with Gasteiger partial charge in [-0.3, -0.25) is 14.5 Å². The summed E-state index contributed by atoms with van der Waals surface area (Å²) in [5.41, 5.74) is 1.45. The minimum Gasteiger partial charge on any atom is -0.497 e. The molecule has 0 bridgehead atoms. The largest absolute Gasteiger partial charge is 0.497 e. The van der Waals surface area contributed by atoms with Crippen LogP contribution in [0, 0.1) is 5.92 Å². The van der Waals surface area contributed by atoms with Crippen LogP contribution in [0.5, 0.6) is 5.75 Å². The van der Waals surface area contributed by atoms with E-state index in [4.69, 9.17) is 4.74 Å². The van der Waals surface area contributed by atoms with E-state index in [0.717, 1.165) is 10.9 Å². The molecule has 7 heteroatoms. The number of piperidine rings is 1. The second-order valence-corrected chi connectivity index (χ2v) is 6.07. The van der Waals surface area contributed by atoms with E-state index in [1.807, 2.05) is 6.07 Å². The Bertz CT molecular complexity index is 769. The summed E-state index contributed by atoms with van der Waals surface area (Å²) < 4.78 is 5.23. The van der Waals surface area contributed by atoms with Crippen LogP contribution in [0.3, 0.4) is 0 Å². The lowest BCUT2D eigenvalue weighted by Crippen LogP contribution is -2.43. The predicted molar refractivity (Wildman–Crippen MR) is 87.2 cm³/mol. The van der Waals surface area contributed by atoms with Gasteiger partial charge in [0.05, 0.1) is 13.0 Å². The van der Waals surface area contributed by atoms with Crippen molar-refractivity contribution in [2.24, 2.45) is 5.92 Å². The van der Waals surface area contributed by atoms with E-state index in [2.05, 4.69) is 4.98 Å². The average molecular weight is 332 g/mol. The van der Waals surface area contributed by atoms with Gasteiger partial charge in [0.2, 0.25) is 0 Å². The van der Waals surface area contributed by atoms with Gasteiger partial charge in [-0.15, -0.1) is 0 Å². The number of nitrogens with zero attached hydrogens (tertiary/aromatic N) is 1. The number of hydrogen-bond acceptors (Lipinski definition) is 4. The molecule has 0 aliphatic carbocycles. The van der Waals surface area contributed by atoms with Gasteiger partial charge >= 0.3 is 11.9 Å². The molecule has 0 radical (unpaired) electrons. The van der Waals surface area contributed by atoms with Crippen LogP contribution in [-0.4, -0.2) is 52.2 Å². The van der Waals surface area contributed by atoms with Crippen LogP contribution in [0.1, 0.15) is 24.4 Å². The number of H-pyrrole nitrogens is 1. The van der Waals surface area contributed by atoms with Crippen LogP contribution >= 0.6 is 0 Å². The molecule has 2 heterocycles. The summed E-state index contributed by atoms with van der Waals surface area (Å²) in [5, 5.41) is 19.8. The summed E-state index contributed by atoms with van der Waals surface area (Å²) in [7, 11) is 1.56. The normalized spacial score (nSPS) is 20.0. The SMILES string of the molecule is COc1ccc2[nH]cc([C@H](C(=O)O)N3CCC[C@H](C(=O)O)C3)c2c1. The quantitative estimate of drug-likeness (QED) is 0.775. The van der Waals surface area contributed by atoms with E-state index in [0.29, 0.717) is 30.7 Å². The first-order chi connectivity index (χ1) is 11.5. The summed E-state index contributed by atoms with van der Waals surface area (Å²) in [6.07, 6.45) is 2.94. The molecule has 7 nitrogen and oxygen atoms in total. The molecule has 1 aliphatic rings. The zero-order chi connectivity index (χ0) is 17.3. The van der Waals surface area contributed by atoms with Crippen molar-refractivity contribution in [3.63, 3.8) is 0 Å². The van der Waals surface area contributed by atoms with Crippen molar-refractivity contribution in [3.05, 3.63) is 30.0 Å². The number of aromatic amines is 1. The highest BCUT2D eigenvalue weighted by Gasteiger charge is 2.35. The Labute approximate surface area is 138 Å². The number of aromatic nitrogens is 1. The van der Waals surface area contributed by atoms with Crippen LogP contribution in [0.15, 0.2) is 24.4 Å². The lowest BCUT2D eigenvalue weighted by atomic mass is 9.94. The first kappa shape index (κ1) is 16.3. The molecule has 1 fully saturated rings. The summed E-state index contributed by atoms with van der Waals surface area (Å²) in [5.74, 6) is -1.73. The van der Waals surface area contributed by atoms with Gasteiger partial charge in [-0.1, -0.05) is 0 Å². The Morgan fingerprint density at radius 3 is 2.83 bits per heavy atom. The summed E-state index contributed by atoms with van der Waals surface area (Å²) >= 11 is 0. The van der Waals surface area contributed by atoms with Gasteiger partial charge < -0.3 is 19.9 Å². The number of aliphatic carboxylic acids is 2. The van der Waals surface area contributed by atoms with Crippen LogP contribution in [-0.2, 0) is 9.59 Å². The molecule has 2 aromatic rings. The highest BCUT2D eigenvalue weighted by atomic mass is 16.5. The standard InChI is InChI=1S/C17H20N2O5/c1-24-11-4-5-14-12(7-11)13(8-18-14)15(17(22)23)19-6-2-3-10(9-19)16(20)21/h4-5,7-8,10,15,18H,2-3,6,9H2,1H3,(H,20,21)(H,22,23)/t10-,15+/m0/s1. The Hall–Kier alpha value is -2.54. The van der Waals surface area contributed by atoms with Crippen molar-refractivity contribution >= 4 is 22.8 Å². The van der Waals surface area contributed by atoms with Crippen molar-refractivity contribution in [1.82, 2.24) is 9.88 Å². The number of carboxylic acid groups (broad SMARTS) is 2. The van der Waals surface area contributed by atoms with Gasteiger partial charge in [0.15, 0.2) is 0 Å². The molecule has 1 aliphatic heterocycles. The molecule has 1 aromatic heterocycles. The number of likely N-dealkylation sites (tertiary alicyclic amines) is 1. The van der Waals surface area contributed by atoms with Gasteiger partial charge in [-0.25, -0.2) is 0 Å². The number of hydrogen-bond donors (Lipinski definition) is 3. The Morgan fingerprint density at radius 1 is 1.38 bits per heavy atom. The number of benzene rings is 1. The average Bonchev–Trinajstić information content (AvgIpc) is 2.98. The molecule has 24 heavy (non-hydrogen) atoms. The van der Waals surface area contributed by atoms with E-state index in [1.165, 1.54) is 0 Å². The van der Waals surface area contributed by atoms with Gasteiger partial charge in [-0.2, -0.15) is 0 Å². The molecular weight excluding hydrogens is 312 g/mol. The zero-order valence-corrected chi connectivity index (χ0v) is 13.4. The van der Waals surface area contributed by atoms with Crippen LogP contribution in [0.2, 0.25) is 0 Å². The maximum atomic E-state index is 11.9. The lowest BCUT2D eigenvalue weighted by molar-refractivity contribution is -0.149. The fourth-order valence-electron chi connectivity index (χ4n) is 3.40. The van der Waals surface area contributed by atoms with Gasteiger partial charge in [0.25, 0.3) is 0 Å². The zero-order valence-electron chi connectivity index (χ0n) is 13.4. The van der Waals surface area contributed by atoms with Crippen molar-refractivity contribution in [1.29, 1.82) is 0 Å². The fourth-order valence-corrected chi connectivity index (χ4v) is 3.40. The highest BCUT2D eigenvalue weighted by molar-refractivity contribution is 5.90. The smallest absolute Gasteiger partial charge is 0.325 e. The number of carboxylic acids is 2. The van der Waals surface area contributed by atoms with Gasteiger partial charge in [0, 0.05) is 29.2 Å². The first-order valence-electron chi connectivity index (χ1n) is 7.86. The van der Waals surface area contributed by atoms with E-state index in [1.54, 1.807) is 30.3 Å². The minimum atomic E-state index is -0.982. The third-order valence-corrected chi connectivity index (χ3v) is 4.62. The van der Waals surface area contributed by atoms with Gasteiger partial charge in [-0.05, 0) is 37.6 Å². The van der Waals surface area contributed by atoms with Crippen molar-refractivity contribution in [2.45, 2.75) is 18.9 Å². The maximum absolute atomic E-state index is 11.9. The fraction of sp³-hybridized carbons (Fsp3) is 0.412. The monoisotopic (exact) mass is 332 g/mol. The van der Waals surface area contributed by atoms with Crippen LogP contribution in [0.25, 0.3) is 10.9 Å². The highest BCUT2D eigenvalue weighted by Crippen LogP contribution is 2.33. The molecule has 0 unspecified atom stereocenters. The second kappa shape index (κ2) is 6.52. The van der Waals surface area contributed by atoms with Crippen molar-refractivity contribution < 1.29 is 24.5 Å². The third kappa shape index (κ3) is 2.94. The third-order valence-electron chi connectivity index (χ3n) is 4.62. The molecule has 2 atom stereocenters. The molecule has 1 saturated heterocycles. The Kier molecular flexibility index (Phi) is 4.44. The maximum Gasteiger partial charge on any atom is 0.325 e. The van der Waals surface area contributed by atoms with Crippen LogP contribution < -0.4 is 4.74 Å². The molecule has 3 N–H and O–H groups in total. The van der Waals surface area contributed by atoms with E-state index >= 15 is 0 Å².